The van der Waals surface area contributed by atoms with Gasteiger partial charge in [0.15, 0.2) is 5.66 Å². The Balaban J connectivity index is 1.93. The maximum atomic E-state index is 10.9. The molecule has 2 heterocycles. The van der Waals surface area contributed by atoms with Crippen LogP contribution in [0, 0.1) is 6.92 Å². The summed E-state index contributed by atoms with van der Waals surface area (Å²) in [5, 5.41) is 9.69. The number of aliphatic imine (C=N–C) groups is 2. The highest BCUT2D eigenvalue weighted by Crippen LogP contribution is 2.34. The van der Waals surface area contributed by atoms with Gasteiger partial charge in [-0.25, -0.2) is 4.99 Å². The molecule has 0 aromatic heterocycles. The number of benzene rings is 1. The van der Waals surface area contributed by atoms with Gasteiger partial charge in [-0.05, 0) is 14.0 Å². The van der Waals surface area contributed by atoms with Crippen LogP contribution in [-0.2, 0) is 4.79 Å². The van der Waals surface area contributed by atoms with Gasteiger partial charge in [0.2, 0.25) is 0 Å². The van der Waals surface area contributed by atoms with Gasteiger partial charge in [0, 0.05) is 25.1 Å². The number of carboxylic acid groups (broad SMARTS) is 1. The van der Waals surface area contributed by atoms with Crippen LogP contribution in [0.4, 0.5) is 0 Å². The monoisotopic (exact) mass is 317 g/mol. The number of aryl methyl sites for hydroxylation is 1. The van der Waals surface area contributed by atoms with Crippen LogP contribution in [0.1, 0.15) is 17.5 Å². The van der Waals surface area contributed by atoms with Gasteiger partial charge in [0.1, 0.15) is 5.04 Å². The van der Waals surface area contributed by atoms with E-state index >= 15 is 0 Å². The van der Waals surface area contributed by atoms with E-state index in [1.807, 2.05) is 31.2 Å². The third-order valence-electron chi connectivity index (χ3n) is 3.91. The predicted octanol–water partition coefficient (Wildman–Crippen LogP) is 2.05. The summed E-state index contributed by atoms with van der Waals surface area (Å²) < 4.78 is 0. The minimum absolute atomic E-state index is 0.00956. The molecule has 116 valence electrons. The molecule has 0 bridgehead atoms. The van der Waals surface area contributed by atoms with Crippen LogP contribution in [-0.4, -0.2) is 58.3 Å². The third kappa shape index (κ3) is 3.08. The number of hydrogen-bond donors (Lipinski definition) is 1. The summed E-state index contributed by atoms with van der Waals surface area (Å²) in [5.41, 5.74) is 2.61. The standard InChI is InChI=1S/C16H19N3O2S/c1-11-3-5-12(6-4-11)14-15(22-9-13(20)21)18-16(17-14)7-8-19(2)10-16/h3-6H,7-10H2,1-2H3,(H,20,21). The first-order valence-electron chi connectivity index (χ1n) is 7.28. The van der Waals surface area contributed by atoms with Crippen molar-refractivity contribution in [3.8, 4) is 0 Å². The van der Waals surface area contributed by atoms with E-state index in [4.69, 9.17) is 15.1 Å². The van der Waals surface area contributed by atoms with Gasteiger partial charge in [0.05, 0.1) is 11.5 Å². The largest absolute Gasteiger partial charge is 0.481 e. The molecule has 0 amide bonds. The van der Waals surface area contributed by atoms with Crippen molar-refractivity contribution in [1.29, 1.82) is 0 Å². The summed E-state index contributed by atoms with van der Waals surface area (Å²) >= 11 is 1.26. The summed E-state index contributed by atoms with van der Waals surface area (Å²) in [6, 6.07) is 8.15. The summed E-state index contributed by atoms with van der Waals surface area (Å²) in [4.78, 5) is 22.8. The number of thioether (sulfide) groups is 1. The zero-order valence-electron chi connectivity index (χ0n) is 12.7. The third-order valence-corrected chi connectivity index (χ3v) is 4.86. The molecule has 2 aliphatic rings. The molecule has 2 aliphatic heterocycles. The molecule has 1 unspecified atom stereocenters. The summed E-state index contributed by atoms with van der Waals surface area (Å²) in [7, 11) is 2.06. The first kappa shape index (κ1) is 15.2. The van der Waals surface area contributed by atoms with Crippen molar-refractivity contribution in [3.05, 3.63) is 35.4 Å². The molecule has 1 fully saturated rings. The van der Waals surface area contributed by atoms with Gasteiger partial charge < -0.3 is 10.0 Å². The second-order valence-electron chi connectivity index (χ2n) is 5.90. The van der Waals surface area contributed by atoms with E-state index < -0.39 is 11.6 Å². The summed E-state index contributed by atoms with van der Waals surface area (Å²) in [5.74, 6) is -0.823. The number of carboxylic acids is 1. The number of likely N-dealkylation sites (N-methyl/N-ethyl adjacent to an activating group) is 1. The fourth-order valence-corrected chi connectivity index (χ4v) is 3.59. The Morgan fingerprint density at radius 2 is 2.09 bits per heavy atom. The minimum atomic E-state index is -0.833. The number of hydrogen-bond acceptors (Lipinski definition) is 5. The second-order valence-corrected chi connectivity index (χ2v) is 6.86. The quantitative estimate of drug-likeness (QED) is 0.926. The number of carbonyl (C=O) groups is 1. The Morgan fingerprint density at radius 1 is 1.36 bits per heavy atom. The van der Waals surface area contributed by atoms with Crippen LogP contribution in [0.15, 0.2) is 34.3 Å². The van der Waals surface area contributed by atoms with Crippen molar-refractivity contribution < 1.29 is 9.90 Å². The van der Waals surface area contributed by atoms with Gasteiger partial charge >= 0.3 is 5.97 Å². The van der Waals surface area contributed by atoms with Crippen molar-refractivity contribution in [3.63, 3.8) is 0 Å². The highest BCUT2D eigenvalue weighted by Gasteiger charge is 2.41. The predicted molar refractivity (Wildman–Crippen MR) is 90.1 cm³/mol. The summed E-state index contributed by atoms with van der Waals surface area (Å²) in [6.45, 7) is 3.80. The molecule has 5 nitrogen and oxygen atoms in total. The number of rotatable bonds is 3. The zero-order valence-corrected chi connectivity index (χ0v) is 13.6. The van der Waals surface area contributed by atoms with Gasteiger partial charge in [-0.15, -0.1) is 0 Å². The molecule has 1 aromatic rings. The SMILES string of the molecule is Cc1ccc(C2=NC3(CCN(C)C3)N=C2SCC(=O)O)cc1. The van der Waals surface area contributed by atoms with Crippen molar-refractivity contribution in [2.45, 2.75) is 19.0 Å². The van der Waals surface area contributed by atoms with E-state index in [9.17, 15) is 4.79 Å². The Morgan fingerprint density at radius 3 is 2.68 bits per heavy atom. The van der Waals surface area contributed by atoms with Crippen LogP contribution >= 0.6 is 11.8 Å². The lowest BCUT2D eigenvalue weighted by Crippen LogP contribution is -2.26. The van der Waals surface area contributed by atoms with Gasteiger partial charge in [-0.2, -0.15) is 0 Å². The van der Waals surface area contributed by atoms with E-state index in [2.05, 4.69) is 11.9 Å². The van der Waals surface area contributed by atoms with Crippen LogP contribution in [0.2, 0.25) is 0 Å². The van der Waals surface area contributed by atoms with E-state index in [0.717, 1.165) is 35.8 Å². The average molecular weight is 317 g/mol. The van der Waals surface area contributed by atoms with E-state index in [1.54, 1.807) is 0 Å². The highest BCUT2D eigenvalue weighted by molar-refractivity contribution is 8.16. The lowest BCUT2D eigenvalue weighted by atomic mass is 10.1. The Labute approximate surface area is 134 Å². The molecule has 0 radical (unpaired) electrons. The summed E-state index contributed by atoms with van der Waals surface area (Å²) in [6.07, 6.45) is 0.885. The maximum Gasteiger partial charge on any atom is 0.313 e. The lowest BCUT2D eigenvalue weighted by molar-refractivity contribution is -0.133. The molecule has 0 saturated carbocycles. The van der Waals surface area contributed by atoms with Gasteiger partial charge in [-0.1, -0.05) is 41.6 Å². The zero-order chi connectivity index (χ0) is 15.7. The first-order valence-corrected chi connectivity index (χ1v) is 8.26. The fourth-order valence-electron chi connectivity index (χ4n) is 2.80. The van der Waals surface area contributed by atoms with Crippen molar-refractivity contribution in [2.24, 2.45) is 9.98 Å². The average Bonchev–Trinajstić information content (AvgIpc) is 3.01. The van der Waals surface area contributed by atoms with E-state index in [1.165, 1.54) is 17.3 Å². The molecule has 1 atom stereocenters. The molecular formula is C16H19N3O2S. The Bertz CT molecular complexity index is 654. The number of aliphatic carboxylic acids is 1. The van der Waals surface area contributed by atoms with Gasteiger partial charge in [0.25, 0.3) is 0 Å². The number of likely N-dealkylation sites (tertiary alicyclic amines) is 1. The fraction of sp³-hybridized carbons (Fsp3) is 0.438. The normalized spacial score (nSPS) is 24.6. The van der Waals surface area contributed by atoms with Crippen LogP contribution < -0.4 is 0 Å². The maximum absolute atomic E-state index is 10.9. The van der Waals surface area contributed by atoms with E-state index in [-0.39, 0.29) is 5.75 Å². The minimum Gasteiger partial charge on any atom is -0.481 e. The van der Waals surface area contributed by atoms with E-state index in [0.29, 0.717) is 0 Å². The first-order chi connectivity index (χ1) is 10.5. The molecular weight excluding hydrogens is 298 g/mol. The van der Waals surface area contributed by atoms with Crippen LogP contribution in [0.5, 0.6) is 0 Å². The van der Waals surface area contributed by atoms with Crippen LogP contribution in [0.3, 0.4) is 0 Å². The molecule has 1 aromatic carbocycles. The van der Waals surface area contributed by atoms with Crippen molar-refractivity contribution >= 4 is 28.5 Å². The van der Waals surface area contributed by atoms with Crippen molar-refractivity contribution in [1.82, 2.24) is 4.90 Å². The molecule has 1 spiro atoms. The molecule has 1 N–H and O–H groups in total. The molecule has 1 saturated heterocycles. The molecule has 6 heteroatoms. The number of nitrogens with zero attached hydrogens (tertiary/aromatic N) is 3. The Hall–Kier alpha value is -1.66. The topological polar surface area (TPSA) is 65.3 Å². The molecule has 3 rings (SSSR count). The highest BCUT2D eigenvalue weighted by atomic mass is 32.2. The van der Waals surface area contributed by atoms with Crippen molar-refractivity contribution in [2.75, 3.05) is 25.9 Å². The van der Waals surface area contributed by atoms with Crippen LogP contribution in [0.25, 0.3) is 0 Å². The Kier molecular flexibility index (Phi) is 4.06. The lowest BCUT2D eigenvalue weighted by Gasteiger charge is -2.15. The molecule has 0 aliphatic carbocycles. The van der Waals surface area contributed by atoms with Gasteiger partial charge in [-0.3, -0.25) is 9.79 Å². The second kappa shape index (κ2) is 5.85. The smallest absolute Gasteiger partial charge is 0.313 e. The molecule has 22 heavy (non-hydrogen) atoms.